The van der Waals surface area contributed by atoms with Gasteiger partial charge in [-0.25, -0.2) is 4.98 Å². The van der Waals surface area contributed by atoms with Gasteiger partial charge in [0.05, 0.1) is 27.8 Å². The highest BCUT2D eigenvalue weighted by Gasteiger charge is 2.55. The Labute approximate surface area is 429 Å². The summed E-state index contributed by atoms with van der Waals surface area (Å²) in [5.41, 5.74) is 15.0. The van der Waals surface area contributed by atoms with E-state index in [1.807, 2.05) is 60.7 Å². The predicted octanol–water partition coefficient (Wildman–Crippen LogP) is 14.7. The molecule has 0 atom stereocenters. The molecule has 0 N–H and O–H groups in total. The molecule has 6 nitrogen and oxygen atoms in total. The topological polar surface area (TPSA) is 63.9 Å². The lowest BCUT2D eigenvalue weighted by atomic mass is 9.67. The van der Waals surface area contributed by atoms with Crippen molar-refractivity contribution < 1.29 is 4.57 Å². The van der Waals surface area contributed by atoms with E-state index in [-0.39, 0.29) is 5.41 Å². The molecule has 0 unspecified atom stereocenters. The summed E-state index contributed by atoms with van der Waals surface area (Å²) in [5, 5.41) is 4.76. The summed E-state index contributed by atoms with van der Waals surface area (Å²) < 4.78 is 18.6. The van der Waals surface area contributed by atoms with Gasteiger partial charge in [-0.3, -0.25) is 4.57 Å². The molecule has 15 rings (SSSR count). The Morgan fingerprint density at radius 2 is 1.00 bits per heavy atom. The SMILES string of the molecule is CC1(C)c2ccccc2N(c2ccccc2)c2c1ccc1c3ccccc3n(-c3nc(-c4ccccc4)nc(-c4ccc5c(c4)C4(c6ccccc6-5)c5ccccc5P(=O)(c5ccccc5)c5ccccc54)n3)c21. The second-order valence-electron chi connectivity index (χ2n) is 20.2. The number of benzene rings is 10. The molecular formula is C67H46N5OP. The lowest BCUT2D eigenvalue weighted by Crippen LogP contribution is -2.45. The molecule has 0 amide bonds. The van der Waals surface area contributed by atoms with Gasteiger partial charge in [-0.15, -0.1) is 0 Å². The second-order valence-corrected chi connectivity index (χ2v) is 22.9. The molecule has 1 aliphatic carbocycles. The third-order valence-electron chi connectivity index (χ3n) is 16.1. The fourth-order valence-electron chi connectivity index (χ4n) is 12.9. The summed E-state index contributed by atoms with van der Waals surface area (Å²) in [6.45, 7) is 4.67. The van der Waals surface area contributed by atoms with Crippen LogP contribution in [-0.4, -0.2) is 19.5 Å². The average Bonchev–Trinajstić information content (AvgIpc) is 3.99. The smallest absolute Gasteiger partial charge is 0.238 e. The molecule has 350 valence electrons. The maximum Gasteiger partial charge on any atom is 0.238 e. The van der Waals surface area contributed by atoms with Gasteiger partial charge >= 0.3 is 0 Å². The van der Waals surface area contributed by atoms with Crippen LogP contribution in [0.1, 0.15) is 47.2 Å². The number of fused-ring (bicyclic) bond motifs is 15. The van der Waals surface area contributed by atoms with Crippen molar-refractivity contribution in [2.45, 2.75) is 24.7 Å². The Kier molecular flexibility index (Phi) is 9.10. The highest BCUT2D eigenvalue weighted by molar-refractivity contribution is 7.85. The van der Waals surface area contributed by atoms with Crippen LogP contribution in [0.15, 0.2) is 243 Å². The largest absolute Gasteiger partial charge is 0.309 e. The van der Waals surface area contributed by atoms with Crippen molar-refractivity contribution in [3.05, 3.63) is 276 Å². The van der Waals surface area contributed by atoms with E-state index >= 15 is 4.57 Å². The van der Waals surface area contributed by atoms with E-state index in [0.29, 0.717) is 17.6 Å². The van der Waals surface area contributed by atoms with Crippen LogP contribution in [0.5, 0.6) is 0 Å². The van der Waals surface area contributed by atoms with Crippen LogP contribution in [0.3, 0.4) is 0 Å². The van der Waals surface area contributed by atoms with E-state index in [1.165, 1.54) is 11.1 Å². The molecule has 0 fully saturated rings. The van der Waals surface area contributed by atoms with E-state index < -0.39 is 12.6 Å². The summed E-state index contributed by atoms with van der Waals surface area (Å²) in [6.07, 6.45) is 0. The second kappa shape index (κ2) is 15.8. The highest BCUT2D eigenvalue weighted by atomic mass is 31.2. The number of para-hydroxylation sites is 3. The van der Waals surface area contributed by atoms with Crippen LogP contribution in [0.4, 0.5) is 17.1 Å². The van der Waals surface area contributed by atoms with Crippen LogP contribution in [0.2, 0.25) is 0 Å². The summed E-state index contributed by atoms with van der Waals surface area (Å²) in [6, 6.07) is 85.4. The Hall–Kier alpha value is -8.96. The van der Waals surface area contributed by atoms with E-state index in [2.05, 4.69) is 205 Å². The molecule has 4 heterocycles. The summed E-state index contributed by atoms with van der Waals surface area (Å²) in [7, 11) is -3.33. The van der Waals surface area contributed by atoms with Gasteiger partial charge in [0, 0.05) is 48.9 Å². The van der Waals surface area contributed by atoms with Gasteiger partial charge in [0.2, 0.25) is 5.95 Å². The molecule has 0 saturated carbocycles. The Balaban J connectivity index is 1.02. The molecule has 3 aliphatic rings. The van der Waals surface area contributed by atoms with E-state index in [0.717, 1.165) is 99.3 Å². The number of nitrogens with zero attached hydrogens (tertiary/aromatic N) is 5. The van der Waals surface area contributed by atoms with Gasteiger partial charge in [0.15, 0.2) is 18.8 Å². The van der Waals surface area contributed by atoms with Crippen LogP contribution in [-0.2, 0) is 15.4 Å². The Bertz CT molecular complexity index is 4280. The molecule has 2 aromatic heterocycles. The van der Waals surface area contributed by atoms with Crippen LogP contribution < -0.4 is 20.8 Å². The third-order valence-corrected chi connectivity index (χ3v) is 19.3. The van der Waals surface area contributed by atoms with Gasteiger partial charge in [-0.2, -0.15) is 9.97 Å². The Morgan fingerprint density at radius 3 is 1.73 bits per heavy atom. The first-order valence-electron chi connectivity index (χ1n) is 25.3. The number of hydrogen-bond donors (Lipinski definition) is 0. The van der Waals surface area contributed by atoms with Crippen molar-refractivity contribution >= 4 is 61.9 Å². The molecule has 7 heteroatoms. The van der Waals surface area contributed by atoms with Gasteiger partial charge in [-0.1, -0.05) is 226 Å². The monoisotopic (exact) mass is 967 g/mol. The maximum atomic E-state index is 16.3. The maximum absolute atomic E-state index is 16.3. The first-order valence-corrected chi connectivity index (χ1v) is 27.0. The van der Waals surface area contributed by atoms with E-state index in [1.54, 1.807) is 0 Å². The molecule has 74 heavy (non-hydrogen) atoms. The molecule has 2 aliphatic heterocycles. The van der Waals surface area contributed by atoms with Gasteiger partial charge in [0.1, 0.15) is 0 Å². The number of rotatable bonds is 5. The molecule has 0 radical (unpaired) electrons. The summed E-state index contributed by atoms with van der Waals surface area (Å²) in [4.78, 5) is 19.0. The number of aromatic nitrogens is 4. The van der Waals surface area contributed by atoms with Crippen molar-refractivity contribution in [2.75, 3.05) is 4.90 Å². The molecular weight excluding hydrogens is 922 g/mol. The third kappa shape index (κ3) is 5.72. The summed E-state index contributed by atoms with van der Waals surface area (Å²) >= 11 is 0. The minimum Gasteiger partial charge on any atom is -0.309 e. The molecule has 0 bridgehead atoms. The van der Waals surface area contributed by atoms with Gasteiger partial charge in [-0.05, 0) is 74.8 Å². The van der Waals surface area contributed by atoms with Crippen molar-refractivity contribution in [1.82, 2.24) is 19.5 Å². The van der Waals surface area contributed by atoms with Crippen LogP contribution >= 0.6 is 7.14 Å². The minimum absolute atomic E-state index is 0.338. The van der Waals surface area contributed by atoms with Crippen molar-refractivity contribution in [1.29, 1.82) is 0 Å². The zero-order valence-corrected chi connectivity index (χ0v) is 41.6. The molecule has 1 spiro atoms. The fourth-order valence-corrected chi connectivity index (χ4v) is 16.1. The minimum atomic E-state index is -3.33. The lowest BCUT2D eigenvalue weighted by molar-refractivity contribution is 0.590. The van der Waals surface area contributed by atoms with E-state index in [9.17, 15) is 0 Å². The quantitative estimate of drug-likeness (QED) is 0.161. The van der Waals surface area contributed by atoms with Gasteiger partial charge in [0.25, 0.3) is 0 Å². The average molecular weight is 968 g/mol. The first kappa shape index (κ1) is 42.7. The molecule has 0 saturated heterocycles. The first-order chi connectivity index (χ1) is 36.4. The normalized spacial score (nSPS) is 17.6. The zero-order valence-electron chi connectivity index (χ0n) is 40.7. The molecule has 12 aromatic rings. The van der Waals surface area contributed by atoms with E-state index in [4.69, 9.17) is 15.0 Å². The number of hydrogen-bond acceptors (Lipinski definition) is 5. The fraction of sp³-hybridized carbons (Fsp3) is 0.0597. The van der Waals surface area contributed by atoms with Crippen LogP contribution in [0, 0.1) is 0 Å². The van der Waals surface area contributed by atoms with Crippen molar-refractivity contribution in [2.24, 2.45) is 0 Å². The highest BCUT2D eigenvalue weighted by Crippen LogP contribution is 2.63. The predicted molar refractivity (Wildman–Crippen MR) is 302 cm³/mol. The molecule has 10 aromatic carbocycles. The summed E-state index contributed by atoms with van der Waals surface area (Å²) in [5.74, 6) is 1.65. The lowest BCUT2D eigenvalue weighted by Gasteiger charge is -2.43. The standard InChI is InChI=1S/C67H46N5OP/c1-66(2)52-31-15-19-35-58(52)71(45-24-8-4-9-25-45)62-55(66)41-40-50-49-29-13-18-34-57(49)72(61(50)62)65-69-63(43-22-6-3-7-23-43)68-64(70-65)44-38-39-48-47-28-12-14-30-51(47)67(56(48)42-44)53-32-16-20-36-59(53)74(73,46-26-10-5-11-27-46)60-37-21-17-33-54(60)67/h3-42H,1-2H3. The number of anilines is 3. The Morgan fingerprint density at radius 1 is 0.432 bits per heavy atom. The zero-order chi connectivity index (χ0) is 49.3. The van der Waals surface area contributed by atoms with Crippen molar-refractivity contribution in [3.63, 3.8) is 0 Å². The van der Waals surface area contributed by atoms with Crippen LogP contribution in [0.25, 0.3) is 61.7 Å². The van der Waals surface area contributed by atoms with Gasteiger partial charge < -0.3 is 9.46 Å². The van der Waals surface area contributed by atoms with Crippen molar-refractivity contribution in [3.8, 4) is 39.9 Å².